The third-order valence-corrected chi connectivity index (χ3v) is 5.17. The van der Waals surface area contributed by atoms with E-state index in [1.807, 2.05) is 42.2 Å². The van der Waals surface area contributed by atoms with Crippen molar-refractivity contribution in [2.45, 2.75) is 38.3 Å². The molecule has 22 heavy (non-hydrogen) atoms. The van der Waals surface area contributed by atoms with Crippen LogP contribution in [-0.4, -0.2) is 33.5 Å². The first-order valence-electron chi connectivity index (χ1n) is 7.61. The van der Waals surface area contributed by atoms with Gasteiger partial charge in [-0.25, -0.2) is 4.98 Å². The summed E-state index contributed by atoms with van der Waals surface area (Å²) in [6.07, 6.45) is 2.01. The van der Waals surface area contributed by atoms with Crippen LogP contribution in [-0.2, 0) is 0 Å². The number of carbonyl (C=O) groups is 1. The number of aromatic nitrogens is 1. The third kappa shape index (κ3) is 3.05. The van der Waals surface area contributed by atoms with Crippen LogP contribution in [0, 0.1) is 6.92 Å². The van der Waals surface area contributed by atoms with Gasteiger partial charge in [-0.05, 0) is 31.7 Å². The van der Waals surface area contributed by atoms with Gasteiger partial charge in [-0.1, -0.05) is 30.3 Å². The summed E-state index contributed by atoms with van der Waals surface area (Å²) in [4.78, 5) is 19.5. The molecule has 0 spiro atoms. The molecule has 0 radical (unpaired) electrons. The molecule has 3 rings (SSSR count). The van der Waals surface area contributed by atoms with E-state index in [-0.39, 0.29) is 11.9 Å². The Morgan fingerprint density at radius 1 is 1.45 bits per heavy atom. The second kappa shape index (κ2) is 6.58. The van der Waals surface area contributed by atoms with E-state index in [0.717, 1.165) is 35.5 Å². The molecule has 2 aromatic rings. The van der Waals surface area contributed by atoms with E-state index in [1.54, 1.807) is 5.51 Å². The van der Waals surface area contributed by atoms with Crippen LogP contribution in [0.4, 0.5) is 0 Å². The maximum atomic E-state index is 12.7. The van der Waals surface area contributed by atoms with Crippen LogP contribution in [0.5, 0.6) is 0 Å². The highest BCUT2D eigenvalue weighted by Crippen LogP contribution is 2.29. The Kier molecular flexibility index (Phi) is 4.55. The molecule has 1 aliphatic heterocycles. The molecule has 4 nitrogen and oxygen atoms in total. The van der Waals surface area contributed by atoms with Gasteiger partial charge in [0.25, 0.3) is 5.91 Å². The van der Waals surface area contributed by atoms with Crippen LogP contribution in [0.15, 0.2) is 35.8 Å². The summed E-state index contributed by atoms with van der Waals surface area (Å²) in [7, 11) is 0. The number of likely N-dealkylation sites (tertiary alicyclic amines) is 1. The number of hydrogen-bond acceptors (Lipinski definition) is 4. The van der Waals surface area contributed by atoms with Crippen LogP contribution in [0.25, 0.3) is 0 Å². The molecule has 116 valence electrons. The maximum Gasteiger partial charge on any atom is 0.266 e. The van der Waals surface area contributed by atoms with Crippen molar-refractivity contribution in [2.75, 3.05) is 6.54 Å². The molecule has 5 heteroatoms. The second-order valence-corrected chi connectivity index (χ2v) is 6.58. The van der Waals surface area contributed by atoms with Gasteiger partial charge in [-0.15, -0.1) is 11.3 Å². The van der Waals surface area contributed by atoms with Crippen molar-refractivity contribution in [1.29, 1.82) is 0 Å². The SMILES string of the molecule is Cc1ncsc1C(=O)N1CCC[C@H]1C[C@H](O)c1ccccc1. The number of nitrogens with zero attached hydrogens (tertiary/aromatic N) is 2. The molecule has 1 amide bonds. The van der Waals surface area contributed by atoms with Gasteiger partial charge in [0.1, 0.15) is 4.88 Å². The molecule has 0 aliphatic carbocycles. The summed E-state index contributed by atoms with van der Waals surface area (Å²) in [6.45, 7) is 2.63. The van der Waals surface area contributed by atoms with Crippen molar-refractivity contribution in [3.63, 3.8) is 0 Å². The van der Waals surface area contributed by atoms with E-state index in [4.69, 9.17) is 0 Å². The van der Waals surface area contributed by atoms with Gasteiger partial charge in [0.05, 0.1) is 17.3 Å². The van der Waals surface area contributed by atoms with Crippen molar-refractivity contribution in [3.8, 4) is 0 Å². The highest BCUT2D eigenvalue weighted by molar-refractivity contribution is 7.11. The van der Waals surface area contributed by atoms with E-state index in [0.29, 0.717) is 6.42 Å². The lowest BCUT2D eigenvalue weighted by Gasteiger charge is -2.26. The number of benzene rings is 1. The zero-order chi connectivity index (χ0) is 15.5. The molecule has 0 unspecified atom stereocenters. The number of thiazole rings is 1. The quantitative estimate of drug-likeness (QED) is 0.942. The molecule has 1 N–H and O–H groups in total. The van der Waals surface area contributed by atoms with Gasteiger partial charge in [-0.3, -0.25) is 4.79 Å². The molecular weight excluding hydrogens is 296 g/mol. The molecule has 1 aromatic carbocycles. The zero-order valence-corrected chi connectivity index (χ0v) is 13.4. The van der Waals surface area contributed by atoms with Crippen LogP contribution >= 0.6 is 11.3 Å². The van der Waals surface area contributed by atoms with Crippen LogP contribution in [0.2, 0.25) is 0 Å². The Labute approximate surface area is 134 Å². The molecule has 0 saturated carbocycles. The first-order valence-corrected chi connectivity index (χ1v) is 8.49. The summed E-state index contributed by atoms with van der Waals surface area (Å²) in [5, 5.41) is 10.4. The predicted octanol–water partition coefficient (Wildman–Crippen LogP) is 3.18. The van der Waals surface area contributed by atoms with Crippen LogP contribution < -0.4 is 0 Å². The summed E-state index contributed by atoms with van der Waals surface area (Å²) < 4.78 is 0. The Morgan fingerprint density at radius 3 is 2.91 bits per heavy atom. The number of aryl methyl sites for hydroxylation is 1. The maximum absolute atomic E-state index is 12.7. The fraction of sp³-hybridized carbons (Fsp3) is 0.412. The average molecular weight is 316 g/mol. The van der Waals surface area contributed by atoms with E-state index < -0.39 is 6.10 Å². The predicted molar refractivity (Wildman–Crippen MR) is 86.9 cm³/mol. The zero-order valence-electron chi connectivity index (χ0n) is 12.6. The second-order valence-electron chi connectivity index (χ2n) is 5.72. The fourth-order valence-corrected chi connectivity index (χ4v) is 3.81. The van der Waals surface area contributed by atoms with Gasteiger partial charge in [0.15, 0.2) is 0 Å². The monoisotopic (exact) mass is 316 g/mol. The molecule has 1 saturated heterocycles. The highest BCUT2D eigenvalue weighted by atomic mass is 32.1. The number of aliphatic hydroxyl groups excluding tert-OH is 1. The van der Waals surface area contributed by atoms with Crippen molar-refractivity contribution >= 4 is 17.2 Å². The van der Waals surface area contributed by atoms with Crippen LogP contribution in [0.1, 0.15) is 46.3 Å². The molecule has 0 bridgehead atoms. The largest absolute Gasteiger partial charge is 0.388 e. The minimum absolute atomic E-state index is 0.0581. The first kappa shape index (κ1) is 15.2. The Balaban J connectivity index is 1.71. The number of hydrogen-bond donors (Lipinski definition) is 1. The Morgan fingerprint density at radius 2 is 2.23 bits per heavy atom. The van der Waals surface area contributed by atoms with Gasteiger partial charge in [0, 0.05) is 12.6 Å². The van der Waals surface area contributed by atoms with E-state index in [1.165, 1.54) is 11.3 Å². The minimum atomic E-state index is -0.526. The lowest BCUT2D eigenvalue weighted by atomic mass is 10.0. The molecular formula is C17H20N2O2S. The standard InChI is InChI=1S/C17H20N2O2S/c1-12-16(22-11-18-12)17(21)19-9-5-8-14(19)10-15(20)13-6-3-2-4-7-13/h2-4,6-7,11,14-15,20H,5,8-10H2,1H3/t14-,15-/m0/s1. The number of carbonyl (C=O) groups excluding carboxylic acids is 1. The number of amides is 1. The van der Waals surface area contributed by atoms with Crippen molar-refractivity contribution in [3.05, 3.63) is 52.0 Å². The normalized spacial score (nSPS) is 19.4. The lowest BCUT2D eigenvalue weighted by Crippen LogP contribution is -2.36. The third-order valence-electron chi connectivity index (χ3n) is 4.26. The van der Waals surface area contributed by atoms with Crippen molar-refractivity contribution < 1.29 is 9.90 Å². The topological polar surface area (TPSA) is 53.4 Å². The summed E-state index contributed by atoms with van der Waals surface area (Å²) in [5.74, 6) is 0.0581. The molecule has 2 atom stereocenters. The van der Waals surface area contributed by atoms with E-state index in [2.05, 4.69) is 4.98 Å². The van der Waals surface area contributed by atoms with Gasteiger partial charge < -0.3 is 10.0 Å². The first-order chi connectivity index (χ1) is 10.7. The molecule has 1 fully saturated rings. The van der Waals surface area contributed by atoms with Gasteiger partial charge in [-0.2, -0.15) is 0 Å². The van der Waals surface area contributed by atoms with Crippen molar-refractivity contribution in [2.24, 2.45) is 0 Å². The molecule has 2 heterocycles. The molecule has 1 aromatic heterocycles. The van der Waals surface area contributed by atoms with Gasteiger partial charge >= 0.3 is 0 Å². The number of rotatable bonds is 4. The summed E-state index contributed by atoms with van der Waals surface area (Å²) >= 11 is 1.40. The smallest absolute Gasteiger partial charge is 0.266 e. The average Bonchev–Trinajstić information content (AvgIpc) is 3.16. The van der Waals surface area contributed by atoms with Crippen LogP contribution in [0.3, 0.4) is 0 Å². The summed E-state index contributed by atoms with van der Waals surface area (Å²) in [5.41, 5.74) is 3.42. The van der Waals surface area contributed by atoms with Crippen molar-refractivity contribution in [1.82, 2.24) is 9.88 Å². The number of aliphatic hydroxyl groups is 1. The molecule has 1 aliphatic rings. The highest BCUT2D eigenvalue weighted by Gasteiger charge is 2.32. The lowest BCUT2D eigenvalue weighted by molar-refractivity contribution is 0.0671. The fourth-order valence-electron chi connectivity index (χ4n) is 3.05. The Bertz CT molecular complexity index is 641. The summed E-state index contributed by atoms with van der Waals surface area (Å²) in [6, 6.07) is 9.75. The van der Waals surface area contributed by atoms with E-state index >= 15 is 0 Å². The van der Waals surface area contributed by atoms with Gasteiger partial charge in [0.2, 0.25) is 0 Å². The minimum Gasteiger partial charge on any atom is -0.388 e. The Hall–Kier alpha value is -1.72. The van der Waals surface area contributed by atoms with E-state index in [9.17, 15) is 9.90 Å².